The number of ether oxygens (including phenoxy) is 1. The van der Waals surface area contributed by atoms with Crippen LogP contribution in [-0.4, -0.2) is 11.5 Å². The smallest absolute Gasteiger partial charge is 0.387 e. The maximum Gasteiger partial charge on any atom is 0.387 e. The van der Waals surface area contributed by atoms with Crippen molar-refractivity contribution in [2.75, 3.05) is 0 Å². The van der Waals surface area contributed by atoms with Crippen LogP contribution in [0.5, 0.6) is 5.75 Å². The Balaban J connectivity index is 3.15. The van der Waals surface area contributed by atoms with Gasteiger partial charge in [0.05, 0.1) is 4.92 Å². The van der Waals surface area contributed by atoms with E-state index in [1.54, 1.807) is 0 Å². The summed E-state index contributed by atoms with van der Waals surface area (Å²) in [7, 11) is 0. The van der Waals surface area contributed by atoms with E-state index in [0.717, 1.165) is 12.1 Å². The molecule has 0 N–H and O–H groups in total. The van der Waals surface area contributed by atoms with Gasteiger partial charge in [-0.15, -0.1) is 0 Å². The summed E-state index contributed by atoms with van der Waals surface area (Å²) in [6.07, 6.45) is 0. The van der Waals surface area contributed by atoms with Crippen molar-refractivity contribution in [1.82, 2.24) is 0 Å². The molecule has 0 spiro atoms. The summed E-state index contributed by atoms with van der Waals surface area (Å²) in [6, 6.07) is 1.63. The van der Waals surface area contributed by atoms with Crippen molar-refractivity contribution in [3.63, 3.8) is 0 Å². The van der Waals surface area contributed by atoms with Crippen molar-refractivity contribution in [2.24, 2.45) is 0 Å². The third-order valence-electron chi connectivity index (χ3n) is 1.44. The fourth-order valence-electron chi connectivity index (χ4n) is 0.850. The normalized spacial score (nSPS) is 10.5. The summed E-state index contributed by atoms with van der Waals surface area (Å²) in [5, 5.41) is 10.3. The van der Waals surface area contributed by atoms with Crippen molar-refractivity contribution in [3.05, 3.63) is 32.5 Å². The fraction of sp³-hybridized carbons (Fsp3) is 0.143. The molecule has 82 valence electrons. The lowest BCUT2D eigenvalue weighted by Gasteiger charge is -2.06. The topological polar surface area (TPSA) is 52.4 Å². The lowest BCUT2D eigenvalue weighted by molar-refractivity contribution is -0.385. The van der Waals surface area contributed by atoms with Crippen molar-refractivity contribution in [2.45, 2.75) is 6.61 Å². The number of nitrogens with zero attached hydrogens (tertiary/aromatic N) is 1. The van der Waals surface area contributed by atoms with Gasteiger partial charge in [0, 0.05) is 6.07 Å². The highest BCUT2D eigenvalue weighted by Crippen LogP contribution is 2.33. The van der Waals surface area contributed by atoms with Crippen LogP contribution in [0.1, 0.15) is 0 Å². The minimum absolute atomic E-state index is 0.523. The molecule has 15 heavy (non-hydrogen) atoms. The molecule has 0 aliphatic carbocycles. The van der Waals surface area contributed by atoms with Crippen LogP contribution >= 0.6 is 15.9 Å². The largest absolute Gasteiger partial charge is 0.432 e. The predicted octanol–water partition coefficient (Wildman–Crippen LogP) is 3.10. The van der Waals surface area contributed by atoms with E-state index in [9.17, 15) is 23.3 Å². The van der Waals surface area contributed by atoms with E-state index in [4.69, 9.17) is 0 Å². The zero-order valence-corrected chi connectivity index (χ0v) is 8.50. The third-order valence-corrected chi connectivity index (χ3v) is 2.19. The minimum atomic E-state index is -3.19. The summed E-state index contributed by atoms with van der Waals surface area (Å²) < 4.78 is 40.0. The molecule has 0 aromatic heterocycles. The Hall–Kier alpha value is -1.31. The van der Waals surface area contributed by atoms with Crippen molar-refractivity contribution < 1.29 is 22.8 Å². The van der Waals surface area contributed by atoms with Gasteiger partial charge in [-0.1, -0.05) is 0 Å². The monoisotopic (exact) mass is 285 g/mol. The summed E-state index contributed by atoms with van der Waals surface area (Å²) in [4.78, 5) is 9.48. The number of hydrogen-bond donors (Lipinski definition) is 0. The van der Waals surface area contributed by atoms with Crippen LogP contribution in [0.25, 0.3) is 0 Å². The van der Waals surface area contributed by atoms with Crippen molar-refractivity contribution in [1.29, 1.82) is 0 Å². The van der Waals surface area contributed by atoms with E-state index in [1.165, 1.54) is 0 Å². The number of halogens is 4. The van der Waals surface area contributed by atoms with Gasteiger partial charge in [0.15, 0.2) is 11.6 Å². The number of alkyl halides is 2. The zero-order valence-electron chi connectivity index (χ0n) is 6.92. The average molecular weight is 286 g/mol. The lowest BCUT2D eigenvalue weighted by atomic mass is 10.3. The van der Waals surface area contributed by atoms with Gasteiger partial charge in [-0.2, -0.15) is 8.78 Å². The van der Waals surface area contributed by atoms with Gasteiger partial charge in [-0.05, 0) is 22.0 Å². The first-order chi connectivity index (χ1) is 6.93. The van der Waals surface area contributed by atoms with Crippen LogP contribution in [0, 0.1) is 15.9 Å². The van der Waals surface area contributed by atoms with Gasteiger partial charge >= 0.3 is 6.61 Å². The first-order valence-corrected chi connectivity index (χ1v) is 4.30. The summed E-state index contributed by atoms with van der Waals surface area (Å²) in [5.74, 6) is -1.98. The molecule has 0 radical (unpaired) electrons. The van der Waals surface area contributed by atoms with Crippen LogP contribution in [0.15, 0.2) is 16.6 Å². The van der Waals surface area contributed by atoms with Gasteiger partial charge in [0.2, 0.25) is 0 Å². The Morgan fingerprint density at radius 2 is 2.07 bits per heavy atom. The predicted molar refractivity (Wildman–Crippen MR) is 47.4 cm³/mol. The van der Waals surface area contributed by atoms with Gasteiger partial charge in [0.1, 0.15) is 4.47 Å². The van der Waals surface area contributed by atoms with Gasteiger partial charge in [-0.3, -0.25) is 10.1 Å². The maximum atomic E-state index is 13.2. The minimum Gasteiger partial charge on any atom is -0.432 e. The molecule has 1 aromatic rings. The molecule has 1 aromatic carbocycles. The first-order valence-electron chi connectivity index (χ1n) is 3.50. The van der Waals surface area contributed by atoms with E-state index in [0.29, 0.717) is 0 Å². The molecule has 0 heterocycles. The zero-order chi connectivity index (χ0) is 11.6. The SMILES string of the molecule is O=[N+]([O-])c1ccc(OC(F)F)c(F)c1Br. The molecular weight excluding hydrogens is 283 g/mol. The molecule has 0 aliphatic heterocycles. The number of rotatable bonds is 3. The summed E-state index contributed by atoms with van der Waals surface area (Å²) >= 11 is 2.58. The maximum absolute atomic E-state index is 13.2. The second-order valence-electron chi connectivity index (χ2n) is 2.35. The van der Waals surface area contributed by atoms with E-state index in [2.05, 4.69) is 20.7 Å². The Labute approximate surface area is 89.9 Å². The molecule has 0 saturated carbocycles. The highest BCUT2D eigenvalue weighted by Gasteiger charge is 2.21. The first kappa shape index (κ1) is 11.8. The van der Waals surface area contributed by atoms with Gasteiger partial charge < -0.3 is 4.74 Å². The highest BCUT2D eigenvalue weighted by atomic mass is 79.9. The Morgan fingerprint density at radius 1 is 1.47 bits per heavy atom. The molecular formula is C7H3BrF3NO3. The van der Waals surface area contributed by atoms with Crippen molar-refractivity contribution in [3.8, 4) is 5.75 Å². The average Bonchev–Trinajstić information content (AvgIpc) is 2.12. The standard InChI is InChI=1S/C7H3BrF3NO3/c8-5-3(12(13)14)1-2-4(6(5)9)15-7(10)11/h1-2,7H. The number of hydrogen-bond acceptors (Lipinski definition) is 3. The van der Waals surface area contributed by atoms with Crippen LogP contribution < -0.4 is 4.74 Å². The van der Waals surface area contributed by atoms with Gasteiger partial charge in [-0.25, -0.2) is 4.39 Å². The third kappa shape index (κ3) is 2.58. The van der Waals surface area contributed by atoms with Crippen LogP contribution in [0.2, 0.25) is 0 Å². The second-order valence-corrected chi connectivity index (χ2v) is 3.14. The Kier molecular flexibility index (Phi) is 3.51. The molecule has 0 amide bonds. The van der Waals surface area contributed by atoms with Crippen LogP contribution in [0.4, 0.5) is 18.9 Å². The molecule has 0 fully saturated rings. The fourth-order valence-corrected chi connectivity index (χ4v) is 1.32. The van der Waals surface area contributed by atoms with Crippen LogP contribution in [0.3, 0.4) is 0 Å². The molecule has 4 nitrogen and oxygen atoms in total. The molecule has 0 aliphatic rings. The second kappa shape index (κ2) is 4.47. The van der Waals surface area contributed by atoms with E-state index in [-0.39, 0.29) is 0 Å². The van der Waals surface area contributed by atoms with E-state index in [1.807, 2.05) is 0 Å². The number of benzene rings is 1. The Bertz CT molecular complexity index is 399. The molecule has 0 unspecified atom stereocenters. The van der Waals surface area contributed by atoms with Crippen molar-refractivity contribution >= 4 is 21.6 Å². The quantitative estimate of drug-likeness (QED) is 0.633. The number of nitro groups is 1. The van der Waals surface area contributed by atoms with Gasteiger partial charge in [0.25, 0.3) is 5.69 Å². The lowest BCUT2D eigenvalue weighted by Crippen LogP contribution is -2.04. The molecule has 8 heteroatoms. The van der Waals surface area contributed by atoms with E-state index >= 15 is 0 Å². The highest BCUT2D eigenvalue weighted by molar-refractivity contribution is 9.10. The summed E-state index contributed by atoms with van der Waals surface area (Å²) in [5.41, 5.74) is -0.561. The summed E-state index contributed by atoms with van der Waals surface area (Å²) in [6.45, 7) is -3.19. The van der Waals surface area contributed by atoms with Crippen LogP contribution in [-0.2, 0) is 0 Å². The molecule has 0 saturated heterocycles. The molecule has 0 bridgehead atoms. The molecule has 1 rings (SSSR count). The molecule has 0 atom stereocenters. The van der Waals surface area contributed by atoms with E-state index < -0.39 is 33.3 Å². The number of nitro benzene ring substituents is 1. The Morgan fingerprint density at radius 3 is 2.53 bits per heavy atom.